The van der Waals surface area contributed by atoms with Gasteiger partial charge in [0.05, 0.1) is 19.3 Å². The van der Waals surface area contributed by atoms with E-state index in [2.05, 4.69) is 22.2 Å². The number of rotatable bonds is 1. The van der Waals surface area contributed by atoms with Crippen molar-refractivity contribution in [3.8, 4) is 0 Å². The van der Waals surface area contributed by atoms with Crippen molar-refractivity contribution < 1.29 is 4.84 Å². The van der Waals surface area contributed by atoms with Crippen LogP contribution in [0.15, 0.2) is 6.20 Å². The van der Waals surface area contributed by atoms with Gasteiger partial charge in [-0.05, 0) is 13.8 Å². The maximum atomic E-state index is 6.05. The van der Waals surface area contributed by atoms with Crippen molar-refractivity contribution in [3.05, 3.63) is 17.0 Å². The summed E-state index contributed by atoms with van der Waals surface area (Å²) in [7, 11) is 0. The minimum absolute atomic E-state index is 0.340. The summed E-state index contributed by atoms with van der Waals surface area (Å²) in [6, 6.07) is 0.340. The van der Waals surface area contributed by atoms with Gasteiger partial charge in [0.2, 0.25) is 0 Å². The zero-order valence-electron chi connectivity index (χ0n) is 9.40. The molecule has 88 valence electrons. The Hall–Kier alpha value is -0.910. The van der Waals surface area contributed by atoms with E-state index in [0.29, 0.717) is 29.3 Å². The molecular formula is C10H15ClN4O. The highest BCUT2D eigenvalue weighted by Crippen LogP contribution is 2.22. The fourth-order valence-electron chi connectivity index (χ4n) is 1.52. The summed E-state index contributed by atoms with van der Waals surface area (Å²) in [4.78, 5) is 14.0. The van der Waals surface area contributed by atoms with Crippen LogP contribution in [0.5, 0.6) is 0 Å². The number of hydrogen-bond acceptors (Lipinski definition) is 5. The average molecular weight is 243 g/mol. The van der Waals surface area contributed by atoms with E-state index in [9.17, 15) is 0 Å². The highest BCUT2D eigenvalue weighted by molar-refractivity contribution is 6.32. The Morgan fingerprint density at radius 2 is 2.44 bits per heavy atom. The molecule has 16 heavy (non-hydrogen) atoms. The van der Waals surface area contributed by atoms with E-state index < -0.39 is 0 Å². The van der Waals surface area contributed by atoms with Crippen LogP contribution in [0.25, 0.3) is 0 Å². The van der Waals surface area contributed by atoms with Crippen LogP contribution in [0.4, 0.5) is 5.82 Å². The van der Waals surface area contributed by atoms with E-state index in [1.807, 2.05) is 6.92 Å². The van der Waals surface area contributed by atoms with Crippen LogP contribution in [-0.2, 0) is 4.84 Å². The van der Waals surface area contributed by atoms with E-state index in [4.69, 9.17) is 16.4 Å². The lowest BCUT2D eigenvalue weighted by Gasteiger charge is -2.21. The molecule has 1 N–H and O–H groups in total. The molecule has 1 aromatic heterocycles. The predicted octanol–water partition coefficient (Wildman–Crippen LogP) is 1.17. The average Bonchev–Trinajstić information content (AvgIpc) is 2.47. The lowest BCUT2D eigenvalue weighted by Crippen LogP contribution is -2.29. The summed E-state index contributed by atoms with van der Waals surface area (Å²) in [5.41, 5.74) is 0. The molecule has 1 aromatic rings. The summed E-state index contributed by atoms with van der Waals surface area (Å²) < 4.78 is 0. The number of aromatic nitrogens is 2. The van der Waals surface area contributed by atoms with Gasteiger partial charge in [0.25, 0.3) is 0 Å². The van der Waals surface area contributed by atoms with Gasteiger partial charge in [0.15, 0.2) is 5.82 Å². The van der Waals surface area contributed by atoms with Crippen LogP contribution in [0, 0.1) is 6.92 Å². The molecule has 5 nitrogen and oxygen atoms in total. The van der Waals surface area contributed by atoms with E-state index >= 15 is 0 Å². The van der Waals surface area contributed by atoms with Gasteiger partial charge in [-0.1, -0.05) is 11.6 Å². The predicted molar refractivity (Wildman–Crippen MR) is 62.5 cm³/mol. The zero-order chi connectivity index (χ0) is 11.5. The van der Waals surface area contributed by atoms with E-state index in [1.165, 1.54) is 0 Å². The van der Waals surface area contributed by atoms with Crippen molar-refractivity contribution >= 4 is 17.4 Å². The number of hydroxylamine groups is 1. The molecular weight excluding hydrogens is 228 g/mol. The maximum absolute atomic E-state index is 6.05. The SMILES string of the molecule is Cc1ncc(Cl)c(N2CCN[C@H](C)CO2)n1. The molecule has 1 aliphatic heterocycles. The quantitative estimate of drug-likeness (QED) is 0.801. The molecule has 0 saturated carbocycles. The molecule has 1 fully saturated rings. The second-order valence-electron chi connectivity index (χ2n) is 3.84. The second kappa shape index (κ2) is 4.95. The highest BCUT2D eigenvalue weighted by atomic mass is 35.5. The molecule has 1 saturated heterocycles. The van der Waals surface area contributed by atoms with Crippen LogP contribution >= 0.6 is 11.6 Å². The minimum Gasteiger partial charge on any atom is -0.310 e. The topological polar surface area (TPSA) is 50.3 Å². The Morgan fingerprint density at radius 3 is 3.25 bits per heavy atom. The van der Waals surface area contributed by atoms with Gasteiger partial charge >= 0.3 is 0 Å². The first-order valence-electron chi connectivity index (χ1n) is 5.30. The molecule has 0 radical (unpaired) electrons. The molecule has 2 heterocycles. The van der Waals surface area contributed by atoms with E-state index in [1.54, 1.807) is 11.3 Å². The maximum Gasteiger partial charge on any atom is 0.174 e. The standard InChI is InChI=1S/C10H15ClN4O/c1-7-6-16-15(4-3-12-7)10-9(11)5-13-8(2)14-10/h5,7,12H,3-4,6H2,1-2H3/t7-/m1/s1. The fourth-order valence-corrected chi connectivity index (χ4v) is 1.71. The minimum atomic E-state index is 0.340. The molecule has 1 aliphatic rings. The van der Waals surface area contributed by atoms with Crippen molar-refractivity contribution in [2.45, 2.75) is 19.9 Å². The molecule has 0 spiro atoms. The fraction of sp³-hybridized carbons (Fsp3) is 0.600. The lowest BCUT2D eigenvalue weighted by atomic mass is 10.4. The number of hydrogen-bond donors (Lipinski definition) is 1. The zero-order valence-corrected chi connectivity index (χ0v) is 10.2. The van der Waals surface area contributed by atoms with E-state index in [0.717, 1.165) is 13.1 Å². The first-order valence-corrected chi connectivity index (χ1v) is 5.67. The molecule has 0 unspecified atom stereocenters. The largest absolute Gasteiger partial charge is 0.310 e. The van der Waals surface area contributed by atoms with Gasteiger partial charge in [0.1, 0.15) is 10.8 Å². The van der Waals surface area contributed by atoms with Gasteiger partial charge in [-0.3, -0.25) is 4.84 Å². The number of aryl methyl sites for hydroxylation is 1. The summed E-state index contributed by atoms with van der Waals surface area (Å²) in [6.45, 7) is 6.09. The van der Waals surface area contributed by atoms with Crippen molar-refractivity contribution in [1.82, 2.24) is 15.3 Å². The Labute approximate surface area is 99.7 Å². The van der Waals surface area contributed by atoms with Gasteiger partial charge in [0, 0.05) is 12.6 Å². The van der Waals surface area contributed by atoms with Crippen LogP contribution < -0.4 is 10.4 Å². The number of halogens is 1. The van der Waals surface area contributed by atoms with Gasteiger partial charge < -0.3 is 5.32 Å². The Kier molecular flexibility index (Phi) is 3.58. The van der Waals surface area contributed by atoms with Crippen LogP contribution in [0.2, 0.25) is 5.02 Å². The summed E-state index contributed by atoms with van der Waals surface area (Å²) in [5.74, 6) is 1.33. The van der Waals surface area contributed by atoms with Crippen LogP contribution in [0.3, 0.4) is 0 Å². The summed E-state index contributed by atoms with van der Waals surface area (Å²) >= 11 is 6.05. The highest BCUT2D eigenvalue weighted by Gasteiger charge is 2.18. The number of nitrogens with one attached hydrogen (secondary N) is 1. The second-order valence-corrected chi connectivity index (χ2v) is 4.25. The van der Waals surface area contributed by atoms with Gasteiger partial charge in [-0.25, -0.2) is 15.0 Å². The molecule has 2 rings (SSSR count). The van der Waals surface area contributed by atoms with Crippen molar-refractivity contribution in [2.24, 2.45) is 0 Å². The monoisotopic (exact) mass is 242 g/mol. The van der Waals surface area contributed by atoms with Crippen molar-refractivity contribution in [3.63, 3.8) is 0 Å². The molecule has 0 aliphatic carbocycles. The first kappa shape index (κ1) is 11.6. The molecule has 1 atom stereocenters. The van der Waals surface area contributed by atoms with Gasteiger partial charge in [-0.15, -0.1) is 0 Å². The van der Waals surface area contributed by atoms with E-state index in [-0.39, 0.29) is 0 Å². The number of nitrogens with zero attached hydrogens (tertiary/aromatic N) is 3. The summed E-state index contributed by atoms with van der Waals surface area (Å²) in [5, 5.41) is 5.57. The lowest BCUT2D eigenvalue weighted by molar-refractivity contribution is 0.109. The first-order chi connectivity index (χ1) is 7.66. The summed E-state index contributed by atoms with van der Waals surface area (Å²) in [6.07, 6.45) is 1.60. The number of anilines is 1. The Bertz CT molecular complexity index is 374. The Morgan fingerprint density at radius 1 is 1.62 bits per heavy atom. The molecule has 0 amide bonds. The molecule has 0 bridgehead atoms. The van der Waals surface area contributed by atoms with Gasteiger partial charge in [-0.2, -0.15) is 0 Å². The third-order valence-corrected chi connectivity index (χ3v) is 2.64. The van der Waals surface area contributed by atoms with Crippen LogP contribution in [-0.4, -0.2) is 35.7 Å². The van der Waals surface area contributed by atoms with Crippen LogP contribution in [0.1, 0.15) is 12.7 Å². The normalized spacial score (nSPS) is 21.9. The molecule has 0 aromatic carbocycles. The van der Waals surface area contributed by atoms with Crippen molar-refractivity contribution in [1.29, 1.82) is 0 Å². The Balaban J connectivity index is 2.19. The van der Waals surface area contributed by atoms with Crippen molar-refractivity contribution in [2.75, 3.05) is 24.8 Å². The third-order valence-electron chi connectivity index (χ3n) is 2.37. The smallest absolute Gasteiger partial charge is 0.174 e. The third kappa shape index (κ3) is 2.61. The molecule has 6 heteroatoms.